The zero-order valence-corrected chi connectivity index (χ0v) is 18.2. The van der Waals surface area contributed by atoms with Gasteiger partial charge in [-0.3, -0.25) is 9.59 Å². The maximum atomic E-state index is 13.3. The van der Waals surface area contributed by atoms with Crippen LogP contribution in [-0.4, -0.2) is 37.8 Å². The van der Waals surface area contributed by atoms with E-state index in [2.05, 4.69) is 10.4 Å². The van der Waals surface area contributed by atoms with Crippen molar-refractivity contribution in [3.63, 3.8) is 0 Å². The van der Waals surface area contributed by atoms with Crippen molar-refractivity contribution >= 4 is 23.1 Å². The van der Waals surface area contributed by atoms with Crippen molar-refractivity contribution in [2.45, 2.75) is 20.1 Å². The van der Waals surface area contributed by atoms with Crippen molar-refractivity contribution in [2.24, 2.45) is 0 Å². The number of fused-ring (bicyclic) bond motifs is 1. The van der Waals surface area contributed by atoms with Gasteiger partial charge in [-0.25, -0.2) is 13.7 Å². The lowest BCUT2D eigenvalue weighted by molar-refractivity contribution is -0.116. The molecular weight excluding hydrogens is 443 g/mol. The first kappa shape index (κ1) is 22.9. The SMILES string of the molecule is CCOC(=O)c1ccccc1NC(=O)Cn1ccn2nc(-c3ccc(F)cc3)c(CO)c2c1=O. The number of aromatic nitrogens is 3. The van der Waals surface area contributed by atoms with E-state index in [9.17, 15) is 23.9 Å². The smallest absolute Gasteiger partial charge is 0.340 e. The molecule has 2 aromatic heterocycles. The number of hydrogen-bond acceptors (Lipinski definition) is 6. The van der Waals surface area contributed by atoms with Crippen LogP contribution in [0, 0.1) is 5.82 Å². The molecular formula is C24H21FN4O5. The first-order valence-corrected chi connectivity index (χ1v) is 10.5. The zero-order valence-electron chi connectivity index (χ0n) is 18.2. The lowest BCUT2D eigenvalue weighted by Crippen LogP contribution is -2.29. The summed E-state index contributed by atoms with van der Waals surface area (Å²) in [5.74, 6) is -1.53. The lowest BCUT2D eigenvalue weighted by Gasteiger charge is -2.11. The van der Waals surface area contributed by atoms with E-state index in [-0.39, 0.29) is 35.5 Å². The summed E-state index contributed by atoms with van der Waals surface area (Å²) in [4.78, 5) is 37.9. The Morgan fingerprint density at radius 1 is 1.12 bits per heavy atom. The van der Waals surface area contributed by atoms with Crippen LogP contribution in [0.2, 0.25) is 0 Å². The topological polar surface area (TPSA) is 115 Å². The maximum absolute atomic E-state index is 13.3. The van der Waals surface area contributed by atoms with E-state index >= 15 is 0 Å². The summed E-state index contributed by atoms with van der Waals surface area (Å²) in [5.41, 5.74) is 1.16. The Labute approximate surface area is 193 Å². The number of aliphatic hydroxyl groups is 1. The number of benzene rings is 2. The Bertz CT molecular complexity index is 1430. The molecule has 0 fully saturated rings. The largest absolute Gasteiger partial charge is 0.462 e. The third-order valence-electron chi connectivity index (χ3n) is 5.15. The molecule has 34 heavy (non-hydrogen) atoms. The van der Waals surface area contributed by atoms with Gasteiger partial charge in [0.2, 0.25) is 5.91 Å². The molecule has 0 saturated carbocycles. The predicted molar refractivity (Wildman–Crippen MR) is 122 cm³/mol. The third-order valence-corrected chi connectivity index (χ3v) is 5.15. The Morgan fingerprint density at radius 2 is 1.85 bits per heavy atom. The summed E-state index contributed by atoms with van der Waals surface area (Å²) < 4.78 is 20.8. The maximum Gasteiger partial charge on any atom is 0.340 e. The number of halogens is 1. The Morgan fingerprint density at radius 3 is 2.56 bits per heavy atom. The van der Waals surface area contributed by atoms with Gasteiger partial charge in [-0.15, -0.1) is 0 Å². The molecule has 10 heteroatoms. The number of aliphatic hydroxyl groups excluding tert-OH is 1. The van der Waals surface area contributed by atoms with Crippen LogP contribution in [0.15, 0.2) is 65.7 Å². The number of rotatable bonds is 7. The van der Waals surface area contributed by atoms with Gasteiger partial charge < -0.3 is 19.7 Å². The molecule has 0 atom stereocenters. The molecule has 2 aromatic carbocycles. The number of ether oxygens (including phenoxy) is 1. The van der Waals surface area contributed by atoms with Gasteiger partial charge >= 0.3 is 5.97 Å². The summed E-state index contributed by atoms with van der Waals surface area (Å²) >= 11 is 0. The quantitative estimate of drug-likeness (QED) is 0.407. The van der Waals surface area contributed by atoms with Gasteiger partial charge in [0.05, 0.1) is 30.2 Å². The van der Waals surface area contributed by atoms with Crippen LogP contribution in [0.1, 0.15) is 22.8 Å². The minimum Gasteiger partial charge on any atom is -0.462 e. The van der Waals surface area contributed by atoms with Gasteiger partial charge in [-0.2, -0.15) is 5.10 Å². The predicted octanol–water partition coefficient (Wildman–Crippen LogP) is 2.61. The average Bonchev–Trinajstić information content (AvgIpc) is 3.21. The van der Waals surface area contributed by atoms with Gasteiger partial charge in [0.15, 0.2) is 0 Å². The Hall–Kier alpha value is -4.31. The summed E-state index contributed by atoms with van der Waals surface area (Å²) in [5, 5.41) is 16.9. The van der Waals surface area contributed by atoms with Crippen LogP contribution in [0.25, 0.3) is 16.8 Å². The van der Waals surface area contributed by atoms with Crippen molar-refractivity contribution in [3.8, 4) is 11.3 Å². The van der Waals surface area contributed by atoms with Crippen LogP contribution in [-0.2, 0) is 22.7 Å². The Balaban J connectivity index is 1.64. The number of amides is 1. The molecule has 1 amide bonds. The molecule has 2 N–H and O–H groups in total. The lowest BCUT2D eigenvalue weighted by atomic mass is 10.1. The minimum atomic E-state index is -0.572. The van der Waals surface area contributed by atoms with Crippen LogP contribution in [0.3, 0.4) is 0 Å². The molecule has 0 saturated heterocycles. The van der Waals surface area contributed by atoms with E-state index in [1.165, 1.54) is 51.8 Å². The first-order valence-electron chi connectivity index (χ1n) is 10.5. The summed E-state index contributed by atoms with van der Waals surface area (Å²) in [6, 6.07) is 11.9. The standard InChI is InChI=1S/C24H21FN4O5/c1-2-34-24(33)17-5-3-4-6-19(17)26-20(31)13-28-11-12-29-22(23(28)32)18(14-30)21(27-29)15-7-9-16(25)10-8-15/h3-12,30H,2,13-14H2,1H3,(H,26,31). The first-order chi connectivity index (χ1) is 16.4. The van der Waals surface area contributed by atoms with E-state index in [0.29, 0.717) is 11.3 Å². The molecule has 4 rings (SSSR count). The van der Waals surface area contributed by atoms with Crippen LogP contribution in [0.4, 0.5) is 10.1 Å². The van der Waals surface area contributed by atoms with Gasteiger partial charge in [0, 0.05) is 23.5 Å². The van der Waals surface area contributed by atoms with Crippen LogP contribution in [0.5, 0.6) is 0 Å². The minimum absolute atomic E-state index is 0.101. The highest BCUT2D eigenvalue weighted by Crippen LogP contribution is 2.25. The number of carbonyl (C=O) groups excluding carboxylic acids is 2. The van der Waals surface area contributed by atoms with Gasteiger partial charge in [-0.05, 0) is 43.3 Å². The molecule has 2 heterocycles. The van der Waals surface area contributed by atoms with Crippen molar-refractivity contribution in [3.05, 3.63) is 88.2 Å². The van der Waals surface area contributed by atoms with Crippen molar-refractivity contribution in [1.29, 1.82) is 0 Å². The highest BCUT2D eigenvalue weighted by molar-refractivity contribution is 6.01. The second-order valence-corrected chi connectivity index (χ2v) is 7.33. The number of nitrogens with one attached hydrogen (secondary N) is 1. The van der Waals surface area contributed by atoms with Crippen molar-refractivity contribution < 1.29 is 23.8 Å². The fourth-order valence-electron chi connectivity index (χ4n) is 3.59. The van der Waals surface area contributed by atoms with E-state index in [0.717, 1.165) is 0 Å². The van der Waals surface area contributed by atoms with E-state index < -0.39 is 29.9 Å². The zero-order chi connectivity index (χ0) is 24.2. The summed E-state index contributed by atoms with van der Waals surface area (Å²) in [6.07, 6.45) is 2.89. The fourth-order valence-corrected chi connectivity index (χ4v) is 3.59. The molecule has 0 spiro atoms. The third kappa shape index (κ3) is 4.44. The van der Waals surface area contributed by atoms with Gasteiger partial charge in [0.1, 0.15) is 17.9 Å². The Kier molecular flexibility index (Phi) is 6.51. The molecule has 0 aliphatic carbocycles. The molecule has 0 aliphatic heterocycles. The van der Waals surface area contributed by atoms with Gasteiger partial charge in [-0.1, -0.05) is 12.1 Å². The number of carbonyl (C=O) groups is 2. The number of anilines is 1. The number of para-hydroxylation sites is 1. The molecule has 0 bridgehead atoms. The normalized spacial score (nSPS) is 10.9. The van der Waals surface area contributed by atoms with Crippen molar-refractivity contribution in [2.75, 3.05) is 11.9 Å². The molecule has 9 nitrogen and oxygen atoms in total. The summed E-state index contributed by atoms with van der Waals surface area (Å²) in [6.45, 7) is 1.05. The number of nitrogens with zero attached hydrogens (tertiary/aromatic N) is 3. The molecule has 0 aliphatic rings. The molecule has 174 valence electrons. The fraction of sp³-hybridized carbons (Fsp3) is 0.167. The monoisotopic (exact) mass is 464 g/mol. The van der Waals surface area contributed by atoms with E-state index in [4.69, 9.17) is 4.74 Å². The van der Waals surface area contributed by atoms with E-state index in [1.807, 2.05) is 0 Å². The second kappa shape index (κ2) is 9.67. The molecule has 4 aromatic rings. The van der Waals surface area contributed by atoms with Crippen LogP contribution < -0.4 is 10.9 Å². The number of esters is 1. The van der Waals surface area contributed by atoms with E-state index in [1.54, 1.807) is 25.1 Å². The average molecular weight is 464 g/mol. The summed E-state index contributed by atoms with van der Waals surface area (Å²) in [7, 11) is 0. The molecule has 0 radical (unpaired) electrons. The number of hydrogen-bond donors (Lipinski definition) is 2. The van der Waals surface area contributed by atoms with Crippen LogP contribution >= 0.6 is 0 Å². The highest BCUT2D eigenvalue weighted by atomic mass is 19.1. The highest BCUT2D eigenvalue weighted by Gasteiger charge is 2.19. The molecule has 0 unspecified atom stereocenters. The second-order valence-electron chi connectivity index (χ2n) is 7.33. The van der Waals surface area contributed by atoms with Gasteiger partial charge in [0.25, 0.3) is 5.56 Å². The van der Waals surface area contributed by atoms with Crippen molar-refractivity contribution in [1.82, 2.24) is 14.2 Å².